The molecule has 0 radical (unpaired) electrons. The third-order valence-corrected chi connectivity index (χ3v) is 6.26. The number of hydrogen-bond donors (Lipinski definition) is 0. The highest BCUT2D eigenvalue weighted by atomic mass is 35.5. The summed E-state index contributed by atoms with van der Waals surface area (Å²) in [5, 5.41) is 0.718. The normalized spacial score (nSPS) is 19.0. The van der Waals surface area contributed by atoms with Crippen LogP contribution in [0.25, 0.3) is 11.6 Å². The van der Waals surface area contributed by atoms with E-state index in [0.29, 0.717) is 19.0 Å². The zero-order chi connectivity index (χ0) is 22.2. The molecule has 0 spiro atoms. The molecule has 162 valence electrons. The number of benzene rings is 1. The number of aromatic nitrogens is 1. The van der Waals surface area contributed by atoms with Gasteiger partial charge in [0.15, 0.2) is 0 Å². The molecule has 1 amide bonds. The lowest BCUT2D eigenvalue weighted by molar-refractivity contribution is 0.0178. The van der Waals surface area contributed by atoms with E-state index in [2.05, 4.69) is 24.8 Å². The molecule has 5 heteroatoms. The molecule has 1 saturated heterocycles. The number of hydrogen-bond acceptors (Lipinski definition) is 3. The molecule has 1 fully saturated rings. The number of carbonyl (C=O) groups excluding carboxylic acids is 1. The first kappa shape index (κ1) is 21.6. The number of pyridine rings is 1. The molecule has 1 aromatic carbocycles. The van der Waals surface area contributed by atoms with E-state index in [4.69, 9.17) is 21.3 Å². The van der Waals surface area contributed by atoms with Gasteiger partial charge in [0.1, 0.15) is 5.60 Å². The largest absolute Gasteiger partial charge is 0.444 e. The molecule has 4 rings (SSSR count). The minimum absolute atomic E-state index is 0.137. The zero-order valence-corrected chi connectivity index (χ0v) is 19.2. The van der Waals surface area contributed by atoms with E-state index in [1.807, 2.05) is 56.1 Å². The van der Waals surface area contributed by atoms with Gasteiger partial charge in [-0.3, -0.25) is 4.98 Å². The Morgan fingerprint density at radius 1 is 1.26 bits per heavy atom. The number of amides is 1. The van der Waals surface area contributed by atoms with E-state index >= 15 is 0 Å². The fourth-order valence-electron chi connectivity index (χ4n) is 4.64. The van der Waals surface area contributed by atoms with Crippen molar-refractivity contribution in [1.82, 2.24) is 9.88 Å². The van der Waals surface area contributed by atoms with Gasteiger partial charge < -0.3 is 9.64 Å². The van der Waals surface area contributed by atoms with Crippen LogP contribution in [0.15, 0.2) is 49.2 Å². The number of carbonyl (C=O) groups is 1. The first-order chi connectivity index (χ1) is 14.8. The van der Waals surface area contributed by atoms with Crippen LogP contribution in [0.5, 0.6) is 0 Å². The van der Waals surface area contributed by atoms with Crippen molar-refractivity contribution in [3.05, 3.63) is 76.6 Å². The zero-order valence-electron chi connectivity index (χ0n) is 18.4. The van der Waals surface area contributed by atoms with Gasteiger partial charge in [-0.1, -0.05) is 36.4 Å². The van der Waals surface area contributed by atoms with Crippen LogP contribution >= 0.6 is 11.6 Å². The Kier molecular flexibility index (Phi) is 5.94. The first-order valence-electron chi connectivity index (χ1n) is 10.8. The van der Waals surface area contributed by atoms with Gasteiger partial charge in [-0.15, -0.1) is 0 Å². The number of rotatable bonds is 2. The third kappa shape index (κ3) is 4.54. The van der Waals surface area contributed by atoms with E-state index in [1.54, 1.807) is 0 Å². The Morgan fingerprint density at radius 3 is 2.68 bits per heavy atom. The average molecular weight is 437 g/mol. The number of allylic oxidation sites excluding steroid dienone is 2. The average Bonchev–Trinajstić information content (AvgIpc) is 2.86. The summed E-state index contributed by atoms with van der Waals surface area (Å²) in [4.78, 5) is 19.2. The van der Waals surface area contributed by atoms with Crippen molar-refractivity contribution in [1.29, 1.82) is 0 Å². The van der Waals surface area contributed by atoms with E-state index < -0.39 is 5.60 Å². The molecule has 1 aliphatic carbocycles. The number of fused-ring (bicyclic) bond motifs is 2. The Bertz CT molecular complexity index is 1030. The van der Waals surface area contributed by atoms with Gasteiger partial charge in [0.2, 0.25) is 0 Å². The third-order valence-electron chi connectivity index (χ3n) is 6.02. The van der Waals surface area contributed by atoms with Crippen LogP contribution in [0.4, 0.5) is 4.79 Å². The standard InChI is InChI=1S/C26H29ClN2O2/c1-5-17-15-19-16-20(27)8-9-21(19)23(24-22(17)7-6-12-28-24)18-10-13-29(14-11-18)25(30)31-26(2,3)4/h5-9,12,15-16,18,23H,1,10-11,13-14H2,2-4H3. The summed E-state index contributed by atoms with van der Waals surface area (Å²) in [6.07, 6.45) is 7.47. The van der Waals surface area contributed by atoms with Gasteiger partial charge in [-0.25, -0.2) is 4.79 Å². The lowest BCUT2D eigenvalue weighted by atomic mass is 9.76. The smallest absolute Gasteiger partial charge is 0.410 e. The van der Waals surface area contributed by atoms with E-state index in [1.165, 1.54) is 5.56 Å². The van der Waals surface area contributed by atoms with Crippen molar-refractivity contribution in [2.75, 3.05) is 13.1 Å². The predicted molar refractivity (Wildman–Crippen MR) is 126 cm³/mol. The Balaban J connectivity index is 1.67. The van der Waals surface area contributed by atoms with Crippen molar-refractivity contribution < 1.29 is 9.53 Å². The maximum absolute atomic E-state index is 12.5. The minimum Gasteiger partial charge on any atom is -0.444 e. The van der Waals surface area contributed by atoms with Crippen LogP contribution in [0.1, 0.15) is 61.9 Å². The van der Waals surface area contributed by atoms with Crippen LogP contribution in [0, 0.1) is 5.92 Å². The highest BCUT2D eigenvalue weighted by Crippen LogP contribution is 2.44. The van der Waals surface area contributed by atoms with Gasteiger partial charge in [0, 0.05) is 35.8 Å². The molecule has 1 atom stereocenters. The maximum Gasteiger partial charge on any atom is 0.410 e. The second-order valence-electron chi connectivity index (χ2n) is 9.30. The lowest BCUT2D eigenvalue weighted by Gasteiger charge is -2.37. The quantitative estimate of drug-likeness (QED) is 0.535. The number of ether oxygens (including phenoxy) is 1. The minimum atomic E-state index is -0.483. The van der Waals surface area contributed by atoms with E-state index in [0.717, 1.165) is 40.3 Å². The molecule has 0 N–H and O–H groups in total. The topological polar surface area (TPSA) is 42.4 Å². The van der Waals surface area contributed by atoms with Crippen LogP contribution in [0.3, 0.4) is 0 Å². The summed E-state index contributed by atoms with van der Waals surface area (Å²) in [6.45, 7) is 11.1. The number of likely N-dealkylation sites (tertiary alicyclic amines) is 1. The molecule has 31 heavy (non-hydrogen) atoms. The highest BCUT2D eigenvalue weighted by Gasteiger charge is 2.35. The lowest BCUT2D eigenvalue weighted by Crippen LogP contribution is -2.42. The Hall–Kier alpha value is -2.59. The first-order valence-corrected chi connectivity index (χ1v) is 11.2. The van der Waals surface area contributed by atoms with E-state index in [-0.39, 0.29) is 12.0 Å². The SMILES string of the molecule is C=CC1=Cc2cc(Cl)ccc2C(C2CCN(C(=O)OC(C)(C)C)CC2)c2ncccc21. The van der Waals surface area contributed by atoms with Crippen molar-refractivity contribution in [2.45, 2.75) is 45.1 Å². The van der Waals surface area contributed by atoms with E-state index in [9.17, 15) is 4.79 Å². The molecule has 0 bridgehead atoms. The van der Waals surface area contributed by atoms with Crippen molar-refractivity contribution in [2.24, 2.45) is 5.92 Å². The predicted octanol–water partition coefficient (Wildman–Crippen LogP) is 6.55. The maximum atomic E-state index is 12.5. The summed E-state index contributed by atoms with van der Waals surface area (Å²) < 4.78 is 5.57. The van der Waals surface area contributed by atoms with Crippen molar-refractivity contribution >= 4 is 29.3 Å². The number of nitrogens with zero attached hydrogens (tertiary/aromatic N) is 2. The Labute approximate surface area is 189 Å². The summed E-state index contributed by atoms with van der Waals surface area (Å²) in [5.74, 6) is 0.503. The molecule has 0 saturated carbocycles. The highest BCUT2D eigenvalue weighted by molar-refractivity contribution is 6.30. The second kappa shape index (κ2) is 8.51. The number of halogens is 1. The van der Waals surface area contributed by atoms with Gasteiger partial charge in [0.25, 0.3) is 0 Å². The van der Waals surface area contributed by atoms with Crippen molar-refractivity contribution in [3.8, 4) is 0 Å². The fraction of sp³-hybridized carbons (Fsp3) is 0.385. The van der Waals surface area contributed by atoms with Crippen LogP contribution in [-0.2, 0) is 4.74 Å². The molecule has 1 aliphatic heterocycles. The van der Waals surface area contributed by atoms with Crippen LogP contribution < -0.4 is 0 Å². The van der Waals surface area contributed by atoms with Crippen LogP contribution in [-0.4, -0.2) is 34.7 Å². The molecular weight excluding hydrogens is 408 g/mol. The van der Waals surface area contributed by atoms with Gasteiger partial charge in [-0.05, 0) is 80.5 Å². The summed E-state index contributed by atoms with van der Waals surface area (Å²) >= 11 is 6.34. The molecule has 2 aliphatic rings. The monoisotopic (exact) mass is 436 g/mol. The molecule has 2 heterocycles. The summed E-state index contributed by atoms with van der Waals surface area (Å²) in [5.41, 5.74) is 5.11. The molecule has 2 aromatic rings. The molecule has 1 aromatic heterocycles. The van der Waals surface area contributed by atoms with Crippen LogP contribution in [0.2, 0.25) is 5.02 Å². The molecule has 4 nitrogen and oxygen atoms in total. The fourth-order valence-corrected chi connectivity index (χ4v) is 4.82. The van der Waals surface area contributed by atoms with Crippen molar-refractivity contribution in [3.63, 3.8) is 0 Å². The number of piperidine rings is 1. The van der Waals surface area contributed by atoms with Gasteiger partial charge >= 0.3 is 6.09 Å². The van der Waals surface area contributed by atoms with Gasteiger partial charge in [-0.2, -0.15) is 0 Å². The Morgan fingerprint density at radius 2 is 2.00 bits per heavy atom. The second-order valence-corrected chi connectivity index (χ2v) is 9.73. The summed E-state index contributed by atoms with van der Waals surface area (Å²) in [7, 11) is 0. The molecule has 1 unspecified atom stereocenters. The summed E-state index contributed by atoms with van der Waals surface area (Å²) in [6, 6.07) is 10.2. The molecular formula is C26H29ClN2O2. The van der Waals surface area contributed by atoms with Gasteiger partial charge in [0.05, 0.1) is 5.69 Å².